The van der Waals surface area contributed by atoms with Gasteiger partial charge in [0, 0.05) is 11.4 Å². The van der Waals surface area contributed by atoms with E-state index in [9.17, 15) is 9.90 Å². The van der Waals surface area contributed by atoms with Gasteiger partial charge in [0.25, 0.3) is 0 Å². The number of H-pyrrole nitrogens is 2. The third-order valence-electron chi connectivity index (χ3n) is 6.55. The number of nitrogens with zero attached hydrogens (tertiary/aromatic N) is 1. The van der Waals surface area contributed by atoms with E-state index in [0.717, 1.165) is 22.5 Å². The van der Waals surface area contributed by atoms with E-state index in [-0.39, 0.29) is 12.4 Å². The fourth-order valence-corrected chi connectivity index (χ4v) is 4.80. The van der Waals surface area contributed by atoms with Crippen LogP contribution in [0.25, 0.3) is 17.3 Å². The molecule has 37 heavy (non-hydrogen) atoms. The first-order valence-electron chi connectivity index (χ1n) is 12.2. The Balaban J connectivity index is 1.62. The summed E-state index contributed by atoms with van der Waals surface area (Å²) in [5, 5.41) is 11.9. The first kappa shape index (κ1) is 24.2. The molecule has 1 unspecified atom stereocenters. The number of hydrogen-bond acceptors (Lipinski definition) is 5. The van der Waals surface area contributed by atoms with Crippen LogP contribution in [0.1, 0.15) is 42.1 Å². The topological polar surface area (TPSA) is 99.7 Å². The maximum atomic E-state index is 13.0. The standard InChI is InChI=1S/C30H29N3O4/c1-5-37-30(35)25-18(3)31-29-27(26(25)19-9-12-22(36-4)13-10-19)28(34)24(33-29)16-21-11-14-23(32-21)20-8-6-7-17(2)15-20/h6-16,26,32,34H,5H2,1-4H3,(H,31,33). The summed E-state index contributed by atoms with van der Waals surface area (Å²) < 4.78 is 10.7. The summed E-state index contributed by atoms with van der Waals surface area (Å²) in [6.07, 6.45) is 1.84. The molecule has 0 bridgehead atoms. The highest BCUT2D eigenvalue weighted by Gasteiger charge is 2.35. The van der Waals surface area contributed by atoms with Gasteiger partial charge in [-0.1, -0.05) is 35.9 Å². The Morgan fingerprint density at radius 1 is 1.08 bits per heavy atom. The van der Waals surface area contributed by atoms with Crippen molar-refractivity contribution in [2.45, 2.75) is 26.7 Å². The molecule has 0 aliphatic carbocycles. The van der Waals surface area contributed by atoms with Crippen LogP contribution < -0.4 is 15.6 Å². The second-order valence-electron chi connectivity index (χ2n) is 9.03. The Kier molecular flexibility index (Phi) is 6.44. The molecule has 5 rings (SSSR count). The average Bonchev–Trinajstić information content (AvgIpc) is 3.48. The van der Waals surface area contributed by atoms with E-state index < -0.39 is 11.9 Å². The number of hydrogen-bond donors (Lipinski definition) is 3. The van der Waals surface area contributed by atoms with Gasteiger partial charge in [-0.05, 0) is 68.3 Å². The third-order valence-corrected chi connectivity index (χ3v) is 6.55. The van der Waals surface area contributed by atoms with Crippen molar-refractivity contribution in [3.05, 3.63) is 105 Å². The number of aromatic amines is 2. The van der Waals surface area contributed by atoms with Crippen molar-refractivity contribution in [2.24, 2.45) is 4.99 Å². The van der Waals surface area contributed by atoms with Gasteiger partial charge in [-0.3, -0.25) is 0 Å². The van der Waals surface area contributed by atoms with Crippen molar-refractivity contribution in [3.8, 4) is 22.8 Å². The zero-order chi connectivity index (χ0) is 26.1. The highest BCUT2D eigenvalue weighted by Crippen LogP contribution is 2.38. The van der Waals surface area contributed by atoms with E-state index in [4.69, 9.17) is 9.47 Å². The lowest BCUT2D eigenvalue weighted by Crippen LogP contribution is -2.26. The molecule has 1 aliphatic rings. The van der Waals surface area contributed by atoms with E-state index in [0.29, 0.717) is 33.4 Å². The smallest absolute Gasteiger partial charge is 0.336 e. The quantitative estimate of drug-likeness (QED) is 0.344. The highest BCUT2D eigenvalue weighted by atomic mass is 16.5. The summed E-state index contributed by atoms with van der Waals surface area (Å²) in [5.74, 6) is -0.261. The van der Waals surface area contributed by atoms with E-state index >= 15 is 0 Å². The fraction of sp³-hybridized carbons (Fsp3) is 0.200. The SMILES string of the molecule is CCOC(=O)C1=C(C)N=c2[nH]c(=Cc3ccc(-c4cccc(C)c4)[nH]3)c(O)c2C1c1ccc(OC)cc1. The van der Waals surface area contributed by atoms with Gasteiger partial charge in [0.15, 0.2) is 0 Å². The zero-order valence-electron chi connectivity index (χ0n) is 21.3. The first-order chi connectivity index (χ1) is 17.9. The number of benzene rings is 2. The average molecular weight is 496 g/mol. The van der Waals surface area contributed by atoms with E-state index in [2.05, 4.69) is 40.1 Å². The molecular weight excluding hydrogens is 466 g/mol. The van der Waals surface area contributed by atoms with Crippen molar-refractivity contribution >= 4 is 12.0 Å². The van der Waals surface area contributed by atoms with Crippen molar-refractivity contribution in [3.63, 3.8) is 0 Å². The lowest BCUT2D eigenvalue weighted by molar-refractivity contribution is -0.138. The van der Waals surface area contributed by atoms with E-state index in [1.807, 2.05) is 48.5 Å². The van der Waals surface area contributed by atoms with Gasteiger partial charge in [-0.2, -0.15) is 0 Å². The van der Waals surface area contributed by atoms with E-state index in [1.165, 1.54) is 5.56 Å². The molecule has 4 aromatic rings. The lowest BCUT2D eigenvalue weighted by Gasteiger charge is -2.23. The monoisotopic (exact) mass is 495 g/mol. The number of aryl methyl sites for hydroxylation is 1. The molecule has 0 amide bonds. The minimum absolute atomic E-state index is 0.0422. The lowest BCUT2D eigenvalue weighted by atomic mass is 9.83. The minimum Gasteiger partial charge on any atom is -0.505 e. The van der Waals surface area contributed by atoms with Gasteiger partial charge >= 0.3 is 5.97 Å². The van der Waals surface area contributed by atoms with Gasteiger partial charge in [0.05, 0.1) is 41.8 Å². The zero-order valence-corrected chi connectivity index (χ0v) is 21.3. The van der Waals surface area contributed by atoms with Crippen molar-refractivity contribution in [1.29, 1.82) is 0 Å². The Labute approximate surface area is 214 Å². The van der Waals surface area contributed by atoms with Gasteiger partial charge < -0.3 is 24.5 Å². The Morgan fingerprint density at radius 3 is 2.57 bits per heavy atom. The predicted molar refractivity (Wildman–Crippen MR) is 142 cm³/mol. The Hall–Kier alpha value is -4.52. The molecule has 1 atom stereocenters. The summed E-state index contributed by atoms with van der Waals surface area (Å²) in [7, 11) is 1.60. The van der Waals surface area contributed by atoms with Crippen molar-refractivity contribution < 1.29 is 19.4 Å². The molecule has 0 spiro atoms. The maximum absolute atomic E-state index is 13.0. The van der Waals surface area contributed by atoms with Crippen LogP contribution in [-0.2, 0) is 9.53 Å². The third kappa shape index (κ3) is 4.56. The van der Waals surface area contributed by atoms with Crippen LogP contribution in [0.4, 0.5) is 0 Å². The van der Waals surface area contributed by atoms with Crippen molar-refractivity contribution in [1.82, 2.24) is 9.97 Å². The molecule has 1 aliphatic heterocycles. The number of rotatable bonds is 6. The number of carbonyl (C=O) groups is 1. The first-order valence-corrected chi connectivity index (χ1v) is 12.2. The summed E-state index contributed by atoms with van der Waals surface area (Å²) >= 11 is 0. The Bertz CT molecular complexity index is 1620. The largest absolute Gasteiger partial charge is 0.505 e. The number of aromatic nitrogens is 2. The van der Waals surface area contributed by atoms with Crippen LogP contribution >= 0.6 is 0 Å². The highest BCUT2D eigenvalue weighted by molar-refractivity contribution is 5.92. The van der Waals surface area contributed by atoms with Crippen LogP contribution in [0, 0.1) is 6.92 Å². The number of methoxy groups -OCH3 is 1. The molecule has 3 heterocycles. The summed E-state index contributed by atoms with van der Waals surface area (Å²) in [5.41, 5.74) is 6.89. The normalized spacial score (nSPS) is 15.4. The van der Waals surface area contributed by atoms with Gasteiger partial charge in [-0.15, -0.1) is 0 Å². The summed E-state index contributed by atoms with van der Waals surface area (Å²) in [4.78, 5) is 24.3. The number of carbonyl (C=O) groups excluding carboxylic acids is 1. The molecule has 0 fully saturated rings. The van der Waals surface area contributed by atoms with Crippen LogP contribution in [0.5, 0.6) is 11.5 Å². The molecule has 0 saturated carbocycles. The number of esters is 1. The molecular formula is C30H29N3O4. The molecule has 7 heteroatoms. The summed E-state index contributed by atoms with van der Waals surface area (Å²) in [6, 6.07) is 19.7. The fourth-order valence-electron chi connectivity index (χ4n) is 4.80. The van der Waals surface area contributed by atoms with Gasteiger partial charge in [0.1, 0.15) is 17.0 Å². The number of ether oxygens (including phenoxy) is 2. The number of fused-ring (bicyclic) bond motifs is 1. The van der Waals surface area contributed by atoms with Gasteiger partial charge in [-0.25, -0.2) is 9.79 Å². The second-order valence-corrected chi connectivity index (χ2v) is 9.03. The van der Waals surface area contributed by atoms with Crippen LogP contribution in [0.15, 0.2) is 76.9 Å². The van der Waals surface area contributed by atoms with Crippen LogP contribution in [-0.4, -0.2) is 34.8 Å². The van der Waals surface area contributed by atoms with Crippen LogP contribution in [0.2, 0.25) is 0 Å². The Morgan fingerprint density at radius 2 is 1.86 bits per heavy atom. The predicted octanol–water partition coefficient (Wildman–Crippen LogP) is 4.46. The van der Waals surface area contributed by atoms with Crippen LogP contribution in [0.3, 0.4) is 0 Å². The van der Waals surface area contributed by atoms with Crippen molar-refractivity contribution in [2.75, 3.05) is 13.7 Å². The minimum atomic E-state index is -0.553. The van der Waals surface area contributed by atoms with Gasteiger partial charge in [0.2, 0.25) is 0 Å². The molecule has 0 saturated heterocycles. The second kappa shape index (κ2) is 9.85. The number of allylic oxidation sites excluding steroid dienone is 1. The van der Waals surface area contributed by atoms with E-state index in [1.54, 1.807) is 21.0 Å². The summed E-state index contributed by atoms with van der Waals surface area (Å²) in [6.45, 7) is 5.85. The maximum Gasteiger partial charge on any atom is 0.336 e. The molecule has 0 radical (unpaired) electrons. The molecule has 188 valence electrons. The number of aromatic hydroxyl groups is 1. The number of nitrogens with one attached hydrogen (secondary N) is 2. The molecule has 7 nitrogen and oxygen atoms in total. The molecule has 2 aromatic carbocycles. The molecule has 3 N–H and O–H groups in total. The molecule has 2 aromatic heterocycles.